The summed E-state index contributed by atoms with van der Waals surface area (Å²) in [7, 11) is 0. The highest BCUT2D eigenvalue weighted by atomic mass is 16.3. The number of rotatable bonds is 2. The first-order valence-corrected chi connectivity index (χ1v) is 17.5. The molecule has 0 bridgehead atoms. The van der Waals surface area contributed by atoms with Crippen LogP contribution in [0.1, 0.15) is 0 Å². The van der Waals surface area contributed by atoms with Gasteiger partial charge in [-0.2, -0.15) is 0 Å². The zero-order valence-electron chi connectivity index (χ0n) is 27.5. The third kappa shape index (κ3) is 3.62. The molecule has 12 aromatic rings. The van der Waals surface area contributed by atoms with Crippen molar-refractivity contribution in [1.82, 2.24) is 9.13 Å². The van der Waals surface area contributed by atoms with Crippen molar-refractivity contribution in [1.29, 1.82) is 0 Å². The Kier molecular flexibility index (Phi) is 5.23. The molecular formula is C48H28N2O. The van der Waals surface area contributed by atoms with E-state index in [0.29, 0.717) is 0 Å². The van der Waals surface area contributed by atoms with Crippen LogP contribution in [0.4, 0.5) is 0 Å². The molecule has 0 aliphatic carbocycles. The number of aromatic nitrogens is 2. The molecular weight excluding hydrogens is 621 g/mol. The molecule has 0 aliphatic heterocycles. The Morgan fingerprint density at radius 3 is 1.22 bits per heavy atom. The van der Waals surface area contributed by atoms with Crippen molar-refractivity contribution in [2.75, 3.05) is 0 Å². The van der Waals surface area contributed by atoms with Crippen LogP contribution in [0, 0.1) is 0 Å². The van der Waals surface area contributed by atoms with E-state index in [-0.39, 0.29) is 0 Å². The van der Waals surface area contributed by atoms with Crippen molar-refractivity contribution in [2.24, 2.45) is 0 Å². The molecule has 0 N–H and O–H groups in total. The van der Waals surface area contributed by atoms with Gasteiger partial charge in [-0.25, -0.2) is 0 Å². The summed E-state index contributed by atoms with van der Waals surface area (Å²) in [4.78, 5) is 0. The van der Waals surface area contributed by atoms with Gasteiger partial charge in [0, 0.05) is 43.7 Å². The van der Waals surface area contributed by atoms with E-state index < -0.39 is 0 Å². The minimum atomic E-state index is 0.895. The first-order valence-electron chi connectivity index (χ1n) is 17.5. The largest absolute Gasteiger partial charge is 0.456 e. The number of nitrogens with zero attached hydrogens (tertiary/aromatic N) is 2. The maximum atomic E-state index is 6.58. The quantitative estimate of drug-likeness (QED) is 0.171. The summed E-state index contributed by atoms with van der Waals surface area (Å²) in [6.45, 7) is 0. The fraction of sp³-hybridized carbons (Fsp3) is 0. The first kappa shape index (κ1) is 27.0. The van der Waals surface area contributed by atoms with Gasteiger partial charge in [-0.05, 0) is 99.0 Å². The van der Waals surface area contributed by atoms with Crippen LogP contribution in [0.5, 0.6) is 0 Å². The lowest BCUT2D eigenvalue weighted by atomic mass is 9.93. The number of fused-ring (bicyclic) bond motifs is 15. The average molecular weight is 649 g/mol. The zero-order valence-corrected chi connectivity index (χ0v) is 27.5. The Morgan fingerprint density at radius 1 is 0.255 bits per heavy atom. The summed E-state index contributed by atoms with van der Waals surface area (Å²) in [6.07, 6.45) is 0. The van der Waals surface area contributed by atoms with Gasteiger partial charge < -0.3 is 13.6 Å². The molecule has 3 heterocycles. The molecule has 0 spiro atoms. The normalized spacial score (nSPS) is 12.3. The maximum absolute atomic E-state index is 6.58. The summed E-state index contributed by atoms with van der Waals surface area (Å²) in [5.74, 6) is 0. The smallest absolute Gasteiger partial charge is 0.136 e. The van der Waals surface area contributed by atoms with Crippen molar-refractivity contribution in [3.05, 3.63) is 170 Å². The SMILES string of the molecule is c1ccc2c(c1)c1ccccc1c1cc3c(cc21)oc1ccc(-n2c4ccccc4c4cc(-n5c6ccccc6c6ccccc65)ccc42)cc13. The van der Waals surface area contributed by atoms with Gasteiger partial charge in [-0.1, -0.05) is 103 Å². The Bertz CT molecular complexity index is 3380. The molecule has 0 unspecified atom stereocenters. The van der Waals surface area contributed by atoms with Crippen molar-refractivity contribution in [3.8, 4) is 11.4 Å². The van der Waals surface area contributed by atoms with E-state index in [0.717, 1.165) is 33.3 Å². The molecule has 3 aromatic heterocycles. The lowest BCUT2D eigenvalue weighted by Gasteiger charge is -2.11. The van der Waals surface area contributed by atoms with Crippen molar-refractivity contribution >= 4 is 97.9 Å². The first-order chi connectivity index (χ1) is 25.3. The second-order valence-electron chi connectivity index (χ2n) is 13.7. The second kappa shape index (κ2) is 9.87. The maximum Gasteiger partial charge on any atom is 0.136 e. The van der Waals surface area contributed by atoms with Gasteiger partial charge in [0.15, 0.2) is 0 Å². The molecule has 236 valence electrons. The molecule has 0 atom stereocenters. The molecule has 51 heavy (non-hydrogen) atoms. The zero-order chi connectivity index (χ0) is 33.2. The highest BCUT2D eigenvalue weighted by Crippen LogP contribution is 2.42. The van der Waals surface area contributed by atoms with Gasteiger partial charge in [-0.3, -0.25) is 0 Å². The minimum absolute atomic E-state index is 0.895. The van der Waals surface area contributed by atoms with E-state index in [1.54, 1.807) is 0 Å². The van der Waals surface area contributed by atoms with Crippen LogP contribution >= 0.6 is 0 Å². The fourth-order valence-electron chi connectivity index (χ4n) is 8.88. The predicted molar refractivity (Wildman–Crippen MR) is 215 cm³/mol. The molecule has 0 saturated carbocycles. The van der Waals surface area contributed by atoms with Gasteiger partial charge in [-0.15, -0.1) is 0 Å². The van der Waals surface area contributed by atoms with E-state index in [4.69, 9.17) is 4.42 Å². The number of hydrogen-bond donors (Lipinski definition) is 0. The Balaban J connectivity index is 1.11. The summed E-state index contributed by atoms with van der Waals surface area (Å²) < 4.78 is 11.4. The van der Waals surface area contributed by atoms with Crippen LogP contribution in [0.15, 0.2) is 174 Å². The minimum Gasteiger partial charge on any atom is -0.456 e. The number of para-hydroxylation sites is 3. The molecule has 3 nitrogen and oxygen atoms in total. The number of furan rings is 1. The van der Waals surface area contributed by atoms with E-state index >= 15 is 0 Å². The second-order valence-corrected chi connectivity index (χ2v) is 13.7. The molecule has 0 aliphatic rings. The topological polar surface area (TPSA) is 23.0 Å². The fourth-order valence-corrected chi connectivity index (χ4v) is 8.88. The summed E-state index contributed by atoms with van der Waals surface area (Å²) in [5, 5.41) is 14.8. The Hall–Kier alpha value is -6.84. The monoisotopic (exact) mass is 648 g/mol. The van der Waals surface area contributed by atoms with Gasteiger partial charge in [0.2, 0.25) is 0 Å². The van der Waals surface area contributed by atoms with Crippen LogP contribution < -0.4 is 0 Å². The molecule has 0 radical (unpaired) electrons. The van der Waals surface area contributed by atoms with Crippen molar-refractivity contribution < 1.29 is 4.42 Å². The van der Waals surface area contributed by atoms with E-state index in [2.05, 4.69) is 179 Å². The van der Waals surface area contributed by atoms with Crippen LogP contribution in [0.25, 0.3) is 109 Å². The Morgan fingerprint density at radius 2 is 0.647 bits per heavy atom. The van der Waals surface area contributed by atoms with E-state index in [1.807, 2.05) is 0 Å². The van der Waals surface area contributed by atoms with Crippen LogP contribution in [0.2, 0.25) is 0 Å². The molecule has 0 amide bonds. The third-order valence-electron chi connectivity index (χ3n) is 11.1. The lowest BCUT2D eigenvalue weighted by Crippen LogP contribution is -1.95. The summed E-state index contributed by atoms with van der Waals surface area (Å²) >= 11 is 0. The van der Waals surface area contributed by atoms with E-state index in [1.165, 1.54) is 75.9 Å². The van der Waals surface area contributed by atoms with E-state index in [9.17, 15) is 0 Å². The summed E-state index contributed by atoms with van der Waals surface area (Å²) in [5.41, 5.74) is 8.87. The van der Waals surface area contributed by atoms with Crippen LogP contribution in [-0.4, -0.2) is 9.13 Å². The number of benzene rings is 9. The van der Waals surface area contributed by atoms with Gasteiger partial charge in [0.25, 0.3) is 0 Å². The third-order valence-corrected chi connectivity index (χ3v) is 11.1. The van der Waals surface area contributed by atoms with Gasteiger partial charge in [0.05, 0.1) is 22.1 Å². The van der Waals surface area contributed by atoms with Crippen molar-refractivity contribution in [2.45, 2.75) is 0 Å². The van der Waals surface area contributed by atoms with Crippen LogP contribution in [-0.2, 0) is 0 Å². The standard InChI is InChI=1S/C48H28N2O/c1-3-13-33-31(11-1)32-12-2-4-14-34(32)39-28-48-42(27-38(33)39)41-26-30(22-24-47(41)51-48)50-45-20-10-7-17-37(45)40-25-29(21-23-46(40)50)49-43-18-8-5-15-35(43)36-16-6-9-19-44(36)49/h1-28H. The number of hydrogen-bond acceptors (Lipinski definition) is 1. The molecule has 0 saturated heterocycles. The lowest BCUT2D eigenvalue weighted by molar-refractivity contribution is 0.669. The van der Waals surface area contributed by atoms with Crippen LogP contribution in [0.3, 0.4) is 0 Å². The molecule has 3 heteroatoms. The molecule has 0 fully saturated rings. The Labute approximate surface area is 291 Å². The average Bonchev–Trinajstić information content (AvgIpc) is 3.84. The highest BCUT2D eigenvalue weighted by molar-refractivity contribution is 6.28. The molecule has 9 aromatic carbocycles. The summed E-state index contributed by atoms with van der Waals surface area (Å²) in [6, 6.07) is 61.8. The van der Waals surface area contributed by atoms with Gasteiger partial charge >= 0.3 is 0 Å². The molecule has 12 rings (SSSR count). The highest BCUT2D eigenvalue weighted by Gasteiger charge is 2.18. The van der Waals surface area contributed by atoms with Crippen molar-refractivity contribution in [3.63, 3.8) is 0 Å². The predicted octanol–water partition coefficient (Wildman–Crippen LogP) is 13.2. The van der Waals surface area contributed by atoms with Gasteiger partial charge in [0.1, 0.15) is 11.2 Å².